The van der Waals surface area contributed by atoms with Gasteiger partial charge >= 0.3 is 0 Å². The van der Waals surface area contributed by atoms with Crippen molar-refractivity contribution in [2.45, 2.75) is 25.3 Å². The summed E-state index contributed by atoms with van der Waals surface area (Å²) in [5.74, 6) is -0.298. The molecule has 0 radical (unpaired) electrons. The minimum absolute atomic E-state index is 0.00563. The van der Waals surface area contributed by atoms with Gasteiger partial charge in [-0.2, -0.15) is 5.10 Å². The molecule has 1 amide bonds. The molecule has 3 rings (SSSR count). The molecule has 0 saturated carbocycles. The fraction of sp³-hybridized carbons (Fsp3) is 0.357. The van der Waals surface area contributed by atoms with Gasteiger partial charge in [-0.3, -0.25) is 9.89 Å². The van der Waals surface area contributed by atoms with Gasteiger partial charge in [0.2, 0.25) is 0 Å². The Labute approximate surface area is 126 Å². The standard InChI is InChI=1S/C14H14ClFN4O/c15-9-4-5-11(16)10(7-9)14(21)20-6-2-1-3-12(20)13-17-8-18-19-13/h4-5,7-8,12H,1-3,6H2,(H,17,18,19)/t12-/m1/s1. The molecule has 0 aliphatic carbocycles. The number of carbonyl (C=O) groups is 1. The van der Waals surface area contributed by atoms with Gasteiger partial charge in [-0.15, -0.1) is 0 Å². The second-order valence-corrected chi connectivity index (χ2v) is 5.44. The number of hydrogen-bond donors (Lipinski definition) is 1. The van der Waals surface area contributed by atoms with Crippen LogP contribution in [-0.2, 0) is 0 Å². The number of nitrogens with one attached hydrogen (secondary N) is 1. The van der Waals surface area contributed by atoms with E-state index in [-0.39, 0.29) is 17.5 Å². The lowest BCUT2D eigenvalue weighted by Crippen LogP contribution is -2.39. The van der Waals surface area contributed by atoms with Crippen LogP contribution in [0.3, 0.4) is 0 Å². The van der Waals surface area contributed by atoms with E-state index in [0.717, 1.165) is 19.3 Å². The van der Waals surface area contributed by atoms with Gasteiger partial charge in [-0.05, 0) is 37.5 Å². The summed E-state index contributed by atoms with van der Waals surface area (Å²) in [5.41, 5.74) is -0.00563. The third-order valence-electron chi connectivity index (χ3n) is 3.67. The van der Waals surface area contributed by atoms with Crippen molar-refractivity contribution in [3.63, 3.8) is 0 Å². The van der Waals surface area contributed by atoms with Crippen LogP contribution in [0.2, 0.25) is 5.02 Å². The highest BCUT2D eigenvalue weighted by Gasteiger charge is 2.31. The first-order valence-electron chi connectivity index (χ1n) is 6.78. The number of aromatic amines is 1. The summed E-state index contributed by atoms with van der Waals surface area (Å²) < 4.78 is 13.9. The maximum Gasteiger partial charge on any atom is 0.257 e. The second kappa shape index (κ2) is 5.81. The molecule has 2 heterocycles. The largest absolute Gasteiger partial charge is 0.328 e. The summed E-state index contributed by atoms with van der Waals surface area (Å²) in [4.78, 5) is 18.4. The maximum absolute atomic E-state index is 13.9. The molecule has 7 heteroatoms. The van der Waals surface area contributed by atoms with Gasteiger partial charge < -0.3 is 4.90 Å². The average Bonchev–Trinajstić information content (AvgIpc) is 3.03. The van der Waals surface area contributed by atoms with Crippen LogP contribution in [0, 0.1) is 5.82 Å². The lowest BCUT2D eigenvalue weighted by molar-refractivity contribution is 0.0595. The predicted molar refractivity (Wildman–Crippen MR) is 75.4 cm³/mol. The molecule has 1 atom stereocenters. The summed E-state index contributed by atoms with van der Waals surface area (Å²) >= 11 is 5.87. The molecule has 1 N–H and O–H groups in total. The number of amides is 1. The molecule has 0 spiro atoms. The Kier molecular flexibility index (Phi) is 3.88. The van der Waals surface area contributed by atoms with Gasteiger partial charge in [0.05, 0.1) is 11.6 Å². The van der Waals surface area contributed by atoms with Gasteiger partial charge in [0, 0.05) is 11.6 Å². The molecule has 2 aromatic rings. The van der Waals surface area contributed by atoms with E-state index in [2.05, 4.69) is 15.2 Å². The fourth-order valence-electron chi connectivity index (χ4n) is 2.65. The fourth-order valence-corrected chi connectivity index (χ4v) is 2.82. The van der Waals surface area contributed by atoms with Gasteiger partial charge in [0.1, 0.15) is 18.0 Å². The average molecular weight is 309 g/mol. The number of nitrogens with zero attached hydrogens (tertiary/aromatic N) is 3. The maximum atomic E-state index is 13.9. The van der Waals surface area contributed by atoms with Crippen LogP contribution in [-0.4, -0.2) is 32.5 Å². The number of halogens is 2. The zero-order valence-corrected chi connectivity index (χ0v) is 12.0. The van der Waals surface area contributed by atoms with Gasteiger partial charge in [-0.25, -0.2) is 9.37 Å². The Hall–Kier alpha value is -1.95. The molecule has 1 saturated heterocycles. The summed E-state index contributed by atoms with van der Waals surface area (Å²) in [6, 6.07) is 3.80. The van der Waals surface area contributed by atoms with Gasteiger partial charge in [0.15, 0.2) is 0 Å². The van der Waals surface area contributed by atoms with E-state index in [4.69, 9.17) is 11.6 Å². The second-order valence-electron chi connectivity index (χ2n) is 5.01. The summed E-state index contributed by atoms with van der Waals surface area (Å²) in [6.45, 7) is 0.566. The van der Waals surface area contributed by atoms with E-state index < -0.39 is 5.82 Å². The van der Waals surface area contributed by atoms with E-state index in [1.165, 1.54) is 24.5 Å². The van der Waals surface area contributed by atoms with Crippen LogP contribution >= 0.6 is 11.6 Å². The zero-order valence-electron chi connectivity index (χ0n) is 11.2. The molecular weight excluding hydrogens is 295 g/mol. The normalized spacial score (nSPS) is 18.8. The van der Waals surface area contributed by atoms with Crippen LogP contribution in [0.25, 0.3) is 0 Å². The number of benzene rings is 1. The topological polar surface area (TPSA) is 61.9 Å². The molecule has 21 heavy (non-hydrogen) atoms. The predicted octanol–water partition coefficient (Wildman–Crippen LogP) is 2.96. The Balaban J connectivity index is 1.93. The van der Waals surface area contributed by atoms with E-state index in [9.17, 15) is 9.18 Å². The Morgan fingerprint density at radius 1 is 1.43 bits per heavy atom. The highest BCUT2D eigenvalue weighted by molar-refractivity contribution is 6.31. The van der Waals surface area contributed by atoms with Crippen LogP contribution < -0.4 is 0 Å². The third kappa shape index (κ3) is 2.76. The van der Waals surface area contributed by atoms with E-state index >= 15 is 0 Å². The highest BCUT2D eigenvalue weighted by atomic mass is 35.5. The SMILES string of the molecule is O=C(c1cc(Cl)ccc1F)N1CCCC[C@@H]1c1ncn[nH]1. The smallest absolute Gasteiger partial charge is 0.257 e. The van der Waals surface area contributed by atoms with Crippen LogP contribution in [0.15, 0.2) is 24.5 Å². The minimum Gasteiger partial charge on any atom is -0.328 e. The van der Waals surface area contributed by atoms with Crippen LogP contribution in [0.4, 0.5) is 4.39 Å². The Morgan fingerprint density at radius 2 is 2.29 bits per heavy atom. The molecule has 1 aromatic heterocycles. The van der Waals surface area contributed by atoms with E-state index in [1.54, 1.807) is 4.90 Å². The Bertz CT molecular complexity index is 646. The van der Waals surface area contributed by atoms with Crippen molar-refractivity contribution in [3.8, 4) is 0 Å². The first-order chi connectivity index (χ1) is 10.2. The van der Waals surface area contributed by atoms with Crippen molar-refractivity contribution in [1.82, 2.24) is 20.1 Å². The first kappa shape index (κ1) is 14.0. The number of piperidine rings is 1. The molecule has 0 unspecified atom stereocenters. The lowest BCUT2D eigenvalue weighted by Gasteiger charge is -2.34. The molecule has 1 aromatic carbocycles. The summed E-state index contributed by atoms with van der Waals surface area (Å²) in [7, 11) is 0. The molecule has 1 fully saturated rings. The van der Waals surface area contributed by atoms with Crippen molar-refractivity contribution in [3.05, 3.63) is 46.8 Å². The summed E-state index contributed by atoms with van der Waals surface area (Å²) in [6.07, 6.45) is 4.07. The van der Waals surface area contributed by atoms with E-state index in [0.29, 0.717) is 17.4 Å². The third-order valence-corrected chi connectivity index (χ3v) is 3.91. The molecular formula is C14H14ClFN4O. The van der Waals surface area contributed by atoms with Crippen molar-refractivity contribution in [2.75, 3.05) is 6.54 Å². The molecule has 0 bridgehead atoms. The van der Waals surface area contributed by atoms with Gasteiger partial charge in [0.25, 0.3) is 5.91 Å². The summed E-state index contributed by atoms with van der Waals surface area (Å²) in [5, 5.41) is 6.96. The molecule has 110 valence electrons. The lowest BCUT2D eigenvalue weighted by atomic mass is 10.00. The number of rotatable bonds is 2. The van der Waals surface area contributed by atoms with Crippen molar-refractivity contribution in [1.29, 1.82) is 0 Å². The van der Waals surface area contributed by atoms with Crippen molar-refractivity contribution >= 4 is 17.5 Å². The molecule has 1 aliphatic heterocycles. The van der Waals surface area contributed by atoms with Crippen LogP contribution in [0.5, 0.6) is 0 Å². The minimum atomic E-state index is -0.564. The van der Waals surface area contributed by atoms with Crippen LogP contribution in [0.1, 0.15) is 41.5 Å². The Morgan fingerprint density at radius 3 is 3.05 bits per heavy atom. The number of likely N-dealkylation sites (tertiary alicyclic amines) is 1. The number of H-pyrrole nitrogens is 1. The van der Waals surface area contributed by atoms with Gasteiger partial charge in [-0.1, -0.05) is 11.6 Å². The number of carbonyl (C=O) groups excluding carboxylic acids is 1. The zero-order chi connectivity index (χ0) is 14.8. The number of hydrogen-bond acceptors (Lipinski definition) is 3. The molecule has 1 aliphatic rings. The highest BCUT2D eigenvalue weighted by Crippen LogP contribution is 2.30. The van der Waals surface area contributed by atoms with E-state index in [1.807, 2.05) is 0 Å². The monoisotopic (exact) mass is 308 g/mol. The first-order valence-corrected chi connectivity index (χ1v) is 7.16. The van der Waals surface area contributed by atoms with Crippen molar-refractivity contribution in [2.24, 2.45) is 0 Å². The molecule has 5 nitrogen and oxygen atoms in total. The quantitative estimate of drug-likeness (QED) is 0.927. The van der Waals surface area contributed by atoms with Crippen molar-refractivity contribution < 1.29 is 9.18 Å². The number of aromatic nitrogens is 3.